The number of rotatable bonds is 14. The normalized spacial score (nSPS) is 11.8. The molecule has 0 bridgehead atoms. The van der Waals surface area contributed by atoms with Gasteiger partial charge in [-0.2, -0.15) is 0 Å². The molecule has 0 aliphatic heterocycles. The van der Waals surface area contributed by atoms with Crippen LogP contribution < -0.4 is 9.47 Å². The third kappa shape index (κ3) is 8.03. The highest BCUT2D eigenvalue weighted by molar-refractivity contribution is 7.98. The number of aliphatic hydroxyl groups is 2. The van der Waals surface area contributed by atoms with E-state index in [0.29, 0.717) is 59.7 Å². The number of carbonyl (C=O) groups is 1. The molecule has 1 atom stereocenters. The van der Waals surface area contributed by atoms with Crippen molar-refractivity contribution in [2.75, 3.05) is 12.9 Å². The lowest BCUT2D eigenvalue weighted by Gasteiger charge is -2.20. The van der Waals surface area contributed by atoms with Gasteiger partial charge in [0.2, 0.25) is 12.0 Å². The summed E-state index contributed by atoms with van der Waals surface area (Å²) in [6.07, 6.45) is 3.72. The minimum absolute atomic E-state index is 0.00762. The van der Waals surface area contributed by atoms with Gasteiger partial charge in [-0.3, -0.25) is 0 Å². The van der Waals surface area contributed by atoms with Crippen LogP contribution in [-0.2, 0) is 35.8 Å². The van der Waals surface area contributed by atoms with E-state index >= 15 is 0 Å². The van der Waals surface area contributed by atoms with Crippen molar-refractivity contribution in [3.63, 3.8) is 0 Å². The highest BCUT2D eigenvalue weighted by atomic mass is 35.5. The van der Waals surface area contributed by atoms with Crippen LogP contribution in [-0.4, -0.2) is 55.1 Å². The molecule has 52 heavy (non-hydrogen) atoms. The number of halogens is 2. The number of nitrogens with zero attached hydrogens (tertiary/aromatic N) is 4. The highest BCUT2D eigenvalue weighted by Gasteiger charge is 2.29. The molecule has 268 valence electrons. The first-order valence-electron chi connectivity index (χ1n) is 16.2. The Hall–Kier alpha value is -4.66. The van der Waals surface area contributed by atoms with Crippen molar-refractivity contribution in [3.8, 4) is 33.2 Å². The van der Waals surface area contributed by atoms with E-state index in [-0.39, 0.29) is 44.5 Å². The Morgan fingerprint density at radius 1 is 1.02 bits per heavy atom. The van der Waals surface area contributed by atoms with Crippen molar-refractivity contribution >= 4 is 50.9 Å². The van der Waals surface area contributed by atoms with E-state index in [1.54, 1.807) is 55.6 Å². The van der Waals surface area contributed by atoms with Crippen LogP contribution in [0, 0.1) is 12.7 Å². The Morgan fingerprint density at radius 2 is 1.83 bits per heavy atom. The largest absolute Gasteiger partial charge is 0.487 e. The zero-order valence-electron chi connectivity index (χ0n) is 28.4. The van der Waals surface area contributed by atoms with Gasteiger partial charge in [-0.1, -0.05) is 53.7 Å². The molecule has 1 unspecified atom stereocenters. The number of aromatic nitrogens is 4. The molecular weight excluding hydrogens is 727 g/mol. The number of thiophene rings is 1. The van der Waals surface area contributed by atoms with Crippen LogP contribution in [0.25, 0.3) is 31.8 Å². The quantitative estimate of drug-likeness (QED) is 0.0641. The molecule has 0 saturated heterocycles. The molecule has 0 spiro atoms. The third-order valence-electron chi connectivity index (χ3n) is 8.23. The molecule has 0 aliphatic carbocycles. The van der Waals surface area contributed by atoms with Gasteiger partial charge in [0.05, 0.1) is 30.9 Å². The number of thioether (sulfide) groups is 1. The summed E-state index contributed by atoms with van der Waals surface area (Å²) in [5.74, 6) is -0.418. The molecule has 0 radical (unpaired) electrons. The molecular formula is C38H34ClFN4O6S2. The fraction of sp³-hybridized carbons (Fsp3) is 0.237. The second-order valence-electron chi connectivity index (χ2n) is 11.5. The summed E-state index contributed by atoms with van der Waals surface area (Å²) in [5, 5.41) is 21.4. The Bertz CT molecular complexity index is 2220. The number of esters is 1. The number of hydrogen-bond donors (Lipinski definition) is 2. The summed E-state index contributed by atoms with van der Waals surface area (Å²) < 4.78 is 32.2. The number of benzene rings is 3. The summed E-state index contributed by atoms with van der Waals surface area (Å²) in [4.78, 5) is 32.7. The number of carbonyl (C=O) groups excluding carboxylic acids is 1. The number of ether oxygens (including phenoxy) is 3. The van der Waals surface area contributed by atoms with Crippen molar-refractivity contribution in [3.05, 3.63) is 112 Å². The number of aliphatic hydroxyl groups excluding tert-OH is 2. The predicted molar refractivity (Wildman–Crippen MR) is 199 cm³/mol. The SMILES string of the molecule is CCOC(=O)C(Cc1cc(CO)ccc1OCc1ccnc(SC)n1)Oc1ncnc2sc(-c3ccc(F)cc3)c(-c3ccc(CO)c(Cl)c3C)c12. The molecule has 3 aromatic heterocycles. The second-order valence-corrected chi connectivity index (χ2v) is 13.7. The maximum atomic E-state index is 14.0. The van der Waals surface area contributed by atoms with E-state index in [9.17, 15) is 19.4 Å². The van der Waals surface area contributed by atoms with Crippen LogP contribution in [0.15, 0.2) is 78.3 Å². The smallest absolute Gasteiger partial charge is 0.347 e. The Balaban J connectivity index is 1.45. The van der Waals surface area contributed by atoms with Crippen LogP contribution >= 0.6 is 34.7 Å². The van der Waals surface area contributed by atoms with Crippen molar-refractivity contribution < 1.29 is 33.6 Å². The third-order valence-corrected chi connectivity index (χ3v) is 10.5. The highest BCUT2D eigenvalue weighted by Crippen LogP contribution is 2.49. The Labute approximate surface area is 312 Å². The van der Waals surface area contributed by atoms with E-state index in [0.717, 1.165) is 16.0 Å². The van der Waals surface area contributed by atoms with Gasteiger partial charge >= 0.3 is 5.97 Å². The van der Waals surface area contributed by atoms with E-state index < -0.39 is 12.1 Å². The zero-order chi connectivity index (χ0) is 36.8. The average molecular weight is 761 g/mol. The lowest BCUT2D eigenvalue weighted by atomic mass is 9.94. The maximum absolute atomic E-state index is 14.0. The van der Waals surface area contributed by atoms with Gasteiger partial charge in [0.15, 0.2) is 5.16 Å². The first kappa shape index (κ1) is 37.1. The van der Waals surface area contributed by atoms with E-state index in [1.807, 2.05) is 19.2 Å². The lowest BCUT2D eigenvalue weighted by molar-refractivity contribution is -0.151. The maximum Gasteiger partial charge on any atom is 0.347 e. The fourth-order valence-electron chi connectivity index (χ4n) is 5.67. The summed E-state index contributed by atoms with van der Waals surface area (Å²) in [6, 6.07) is 16.7. The average Bonchev–Trinajstić information content (AvgIpc) is 3.55. The van der Waals surface area contributed by atoms with E-state index in [4.69, 9.17) is 25.8 Å². The van der Waals surface area contributed by atoms with Crippen LogP contribution in [0.3, 0.4) is 0 Å². The standard InChI is InChI=1S/C38H34ClFN4O6S2/c1-4-48-37(47)30(16-25-15-22(17-45)5-12-29(25)49-19-27-13-14-41-38(44-27)51-3)50-35-32-31(28-11-8-24(18-46)33(39)21(28)2)34(52-36(32)43-20-42-35)23-6-9-26(40)10-7-23/h5-15,20,30,45-46H,4,16-19H2,1-3H3. The molecule has 6 rings (SSSR count). The number of hydrogen-bond acceptors (Lipinski definition) is 12. The van der Waals surface area contributed by atoms with Crippen molar-refractivity contribution in [1.29, 1.82) is 0 Å². The summed E-state index contributed by atoms with van der Waals surface area (Å²) in [5.41, 5.74) is 5.26. The topological polar surface area (TPSA) is 137 Å². The molecule has 10 nitrogen and oxygen atoms in total. The van der Waals surface area contributed by atoms with Crippen LogP contribution in [0.1, 0.15) is 34.9 Å². The van der Waals surface area contributed by atoms with Gasteiger partial charge in [-0.25, -0.2) is 29.1 Å². The summed E-state index contributed by atoms with van der Waals surface area (Å²) >= 11 is 9.51. The first-order chi connectivity index (χ1) is 25.2. The van der Waals surface area contributed by atoms with Crippen molar-refractivity contribution in [2.45, 2.75) is 51.3 Å². The number of fused-ring (bicyclic) bond motifs is 1. The first-order valence-corrected chi connectivity index (χ1v) is 18.6. The van der Waals surface area contributed by atoms with E-state index in [2.05, 4.69) is 19.9 Å². The Morgan fingerprint density at radius 3 is 2.56 bits per heavy atom. The van der Waals surface area contributed by atoms with E-state index in [1.165, 1.54) is 41.6 Å². The molecule has 0 fully saturated rings. The van der Waals surface area contributed by atoms with Crippen LogP contribution in [0.2, 0.25) is 5.02 Å². The summed E-state index contributed by atoms with van der Waals surface area (Å²) in [7, 11) is 0. The Kier molecular flexibility index (Phi) is 12.0. The van der Waals surface area contributed by atoms with Gasteiger partial charge in [0, 0.05) is 28.1 Å². The van der Waals surface area contributed by atoms with Crippen LogP contribution in [0.4, 0.5) is 4.39 Å². The molecule has 3 aromatic carbocycles. The predicted octanol–water partition coefficient (Wildman–Crippen LogP) is 7.75. The van der Waals surface area contributed by atoms with Gasteiger partial charge in [0.25, 0.3) is 0 Å². The van der Waals surface area contributed by atoms with Gasteiger partial charge in [0.1, 0.15) is 29.3 Å². The second kappa shape index (κ2) is 16.8. The van der Waals surface area contributed by atoms with Crippen molar-refractivity contribution in [2.24, 2.45) is 0 Å². The molecule has 6 aromatic rings. The minimum atomic E-state index is -1.19. The van der Waals surface area contributed by atoms with Gasteiger partial charge in [-0.15, -0.1) is 11.3 Å². The molecule has 0 amide bonds. The fourth-order valence-corrected chi connectivity index (χ4v) is 7.42. The lowest BCUT2D eigenvalue weighted by Crippen LogP contribution is -2.32. The van der Waals surface area contributed by atoms with Gasteiger partial charge < -0.3 is 24.4 Å². The summed E-state index contributed by atoms with van der Waals surface area (Å²) in [6.45, 7) is 3.33. The molecule has 14 heteroatoms. The molecule has 2 N–H and O–H groups in total. The molecule has 3 heterocycles. The minimum Gasteiger partial charge on any atom is -0.487 e. The monoisotopic (exact) mass is 760 g/mol. The zero-order valence-corrected chi connectivity index (χ0v) is 30.8. The molecule has 0 saturated carbocycles. The van der Waals surface area contributed by atoms with Crippen molar-refractivity contribution in [1.82, 2.24) is 19.9 Å². The van der Waals surface area contributed by atoms with Crippen LogP contribution in [0.5, 0.6) is 11.6 Å². The molecule has 0 aliphatic rings. The van der Waals surface area contributed by atoms with Gasteiger partial charge in [-0.05, 0) is 83.8 Å².